The van der Waals surface area contributed by atoms with E-state index in [4.69, 9.17) is 4.74 Å². The number of hydrogen-bond donors (Lipinski definition) is 2. The fraction of sp³-hybridized carbons (Fsp3) is 0.917. The summed E-state index contributed by atoms with van der Waals surface area (Å²) in [6.07, 6.45) is 3.81. The van der Waals surface area contributed by atoms with Crippen LogP contribution < -0.4 is 10.6 Å². The summed E-state index contributed by atoms with van der Waals surface area (Å²) >= 11 is 0. The van der Waals surface area contributed by atoms with Crippen molar-refractivity contribution in [3.05, 3.63) is 0 Å². The summed E-state index contributed by atoms with van der Waals surface area (Å²) in [6.45, 7) is 3.29. The molecule has 1 saturated heterocycles. The Morgan fingerprint density at radius 1 is 1.44 bits per heavy atom. The van der Waals surface area contributed by atoms with Crippen molar-refractivity contribution in [1.82, 2.24) is 10.6 Å². The second-order valence-corrected chi connectivity index (χ2v) is 5.13. The van der Waals surface area contributed by atoms with Crippen LogP contribution in [0.15, 0.2) is 0 Å². The first-order valence-corrected chi connectivity index (χ1v) is 6.26. The first-order valence-electron chi connectivity index (χ1n) is 6.26. The minimum Gasteiger partial charge on any atom is -0.379 e. The molecule has 92 valence electrons. The van der Waals surface area contributed by atoms with Crippen LogP contribution in [0.4, 0.5) is 0 Å². The van der Waals surface area contributed by atoms with E-state index in [2.05, 4.69) is 17.6 Å². The summed E-state index contributed by atoms with van der Waals surface area (Å²) in [6, 6.07) is 0.478. The molecule has 3 unspecified atom stereocenters. The molecule has 2 rings (SSSR count). The van der Waals surface area contributed by atoms with Crippen molar-refractivity contribution in [2.24, 2.45) is 11.8 Å². The molecule has 0 spiro atoms. The van der Waals surface area contributed by atoms with Crippen LogP contribution in [0.1, 0.15) is 26.2 Å². The van der Waals surface area contributed by atoms with E-state index in [-0.39, 0.29) is 17.9 Å². The number of hydrogen-bond acceptors (Lipinski definition) is 3. The lowest BCUT2D eigenvalue weighted by atomic mass is 10.0. The highest BCUT2D eigenvalue weighted by molar-refractivity contribution is 5.80. The Morgan fingerprint density at radius 3 is 2.81 bits per heavy atom. The van der Waals surface area contributed by atoms with E-state index in [1.54, 1.807) is 0 Å². The van der Waals surface area contributed by atoms with E-state index >= 15 is 0 Å². The van der Waals surface area contributed by atoms with Gasteiger partial charge in [-0.25, -0.2) is 0 Å². The Bertz CT molecular complexity index is 253. The van der Waals surface area contributed by atoms with Gasteiger partial charge in [0.05, 0.1) is 19.1 Å². The minimum absolute atomic E-state index is 0.0216. The van der Waals surface area contributed by atoms with Gasteiger partial charge in [-0.3, -0.25) is 4.79 Å². The zero-order chi connectivity index (χ0) is 11.5. The molecule has 1 saturated carbocycles. The van der Waals surface area contributed by atoms with Gasteiger partial charge in [0, 0.05) is 12.1 Å². The average Bonchev–Trinajstić information content (AvgIpc) is 2.93. The second-order valence-electron chi connectivity index (χ2n) is 5.13. The maximum Gasteiger partial charge on any atom is 0.227 e. The van der Waals surface area contributed by atoms with Crippen LogP contribution in [-0.4, -0.2) is 38.3 Å². The van der Waals surface area contributed by atoms with Gasteiger partial charge in [0.2, 0.25) is 5.91 Å². The Balaban J connectivity index is 1.77. The van der Waals surface area contributed by atoms with Gasteiger partial charge in [-0.15, -0.1) is 0 Å². The highest BCUT2D eigenvalue weighted by Gasteiger charge is 2.34. The summed E-state index contributed by atoms with van der Waals surface area (Å²) in [5.41, 5.74) is 0. The fourth-order valence-corrected chi connectivity index (χ4v) is 2.36. The Kier molecular flexibility index (Phi) is 3.82. The molecule has 1 aliphatic heterocycles. The maximum atomic E-state index is 12.0. The molecule has 0 aromatic rings. The molecule has 4 nitrogen and oxygen atoms in total. The number of nitrogens with one attached hydrogen (secondary N) is 2. The second kappa shape index (κ2) is 5.15. The monoisotopic (exact) mass is 226 g/mol. The third-order valence-electron chi connectivity index (χ3n) is 3.56. The van der Waals surface area contributed by atoms with Crippen molar-refractivity contribution in [3.8, 4) is 0 Å². The van der Waals surface area contributed by atoms with Crippen molar-refractivity contribution < 1.29 is 9.53 Å². The molecule has 2 N–H and O–H groups in total. The third kappa shape index (κ3) is 2.95. The van der Waals surface area contributed by atoms with Gasteiger partial charge in [-0.2, -0.15) is 0 Å². The fourth-order valence-electron chi connectivity index (χ4n) is 2.36. The minimum atomic E-state index is -0.0216. The van der Waals surface area contributed by atoms with E-state index in [0.717, 1.165) is 12.3 Å². The standard InChI is InChI=1S/C12H22N2O2/c1-8(5-9-3-4-9)14-12(15)10-6-16-7-11(10)13-2/h8-11,13H,3-7H2,1-2H3,(H,14,15). The van der Waals surface area contributed by atoms with Gasteiger partial charge < -0.3 is 15.4 Å². The zero-order valence-corrected chi connectivity index (χ0v) is 10.2. The first kappa shape index (κ1) is 11.9. The lowest BCUT2D eigenvalue weighted by Crippen LogP contribution is -2.45. The van der Waals surface area contributed by atoms with Crippen molar-refractivity contribution in [1.29, 1.82) is 0 Å². The van der Waals surface area contributed by atoms with Crippen molar-refractivity contribution >= 4 is 5.91 Å². The van der Waals surface area contributed by atoms with Crippen LogP contribution in [0, 0.1) is 11.8 Å². The van der Waals surface area contributed by atoms with Crippen LogP contribution in [0.2, 0.25) is 0 Å². The van der Waals surface area contributed by atoms with Crippen LogP contribution in [0.25, 0.3) is 0 Å². The topological polar surface area (TPSA) is 50.4 Å². The van der Waals surface area contributed by atoms with Crippen LogP contribution in [0.3, 0.4) is 0 Å². The van der Waals surface area contributed by atoms with Crippen LogP contribution in [0.5, 0.6) is 0 Å². The molecule has 3 atom stereocenters. The highest BCUT2D eigenvalue weighted by Crippen LogP contribution is 2.33. The number of amides is 1. The lowest BCUT2D eigenvalue weighted by molar-refractivity contribution is -0.126. The van der Waals surface area contributed by atoms with E-state index in [1.165, 1.54) is 12.8 Å². The molecule has 0 aromatic heterocycles. The zero-order valence-electron chi connectivity index (χ0n) is 10.2. The summed E-state index contributed by atoms with van der Waals surface area (Å²) < 4.78 is 5.33. The Morgan fingerprint density at radius 2 is 2.19 bits per heavy atom. The van der Waals surface area contributed by atoms with Gasteiger partial charge in [-0.1, -0.05) is 12.8 Å². The van der Waals surface area contributed by atoms with Crippen LogP contribution >= 0.6 is 0 Å². The van der Waals surface area contributed by atoms with Gasteiger partial charge in [0.1, 0.15) is 0 Å². The quantitative estimate of drug-likeness (QED) is 0.719. The number of likely N-dealkylation sites (N-methyl/N-ethyl adjacent to an activating group) is 1. The lowest BCUT2D eigenvalue weighted by Gasteiger charge is -2.20. The molecular formula is C12H22N2O2. The number of ether oxygens (including phenoxy) is 1. The molecule has 16 heavy (non-hydrogen) atoms. The predicted molar refractivity (Wildman–Crippen MR) is 62.1 cm³/mol. The molecule has 2 fully saturated rings. The largest absolute Gasteiger partial charge is 0.379 e. The number of carbonyl (C=O) groups excluding carboxylic acids is 1. The van der Waals surface area contributed by atoms with E-state index in [0.29, 0.717) is 19.3 Å². The van der Waals surface area contributed by atoms with Gasteiger partial charge in [0.15, 0.2) is 0 Å². The first-order chi connectivity index (χ1) is 7.70. The van der Waals surface area contributed by atoms with Crippen molar-refractivity contribution in [3.63, 3.8) is 0 Å². The predicted octanol–water partition coefficient (Wildman–Crippen LogP) is 0.526. The summed E-state index contributed by atoms with van der Waals surface area (Å²) in [5, 5.41) is 6.23. The summed E-state index contributed by atoms with van der Waals surface area (Å²) in [5.74, 6) is 0.979. The SMILES string of the molecule is CNC1COCC1C(=O)NC(C)CC1CC1. The highest BCUT2D eigenvalue weighted by atomic mass is 16.5. The van der Waals surface area contributed by atoms with Crippen molar-refractivity contribution in [2.75, 3.05) is 20.3 Å². The number of carbonyl (C=O) groups is 1. The molecule has 1 aliphatic carbocycles. The maximum absolute atomic E-state index is 12.0. The molecular weight excluding hydrogens is 204 g/mol. The molecule has 0 aromatic carbocycles. The van der Waals surface area contributed by atoms with E-state index in [1.807, 2.05) is 7.05 Å². The Hall–Kier alpha value is -0.610. The van der Waals surface area contributed by atoms with Crippen LogP contribution in [-0.2, 0) is 9.53 Å². The van der Waals surface area contributed by atoms with Gasteiger partial charge in [-0.05, 0) is 26.3 Å². The number of rotatable bonds is 5. The Labute approximate surface area is 97.1 Å². The van der Waals surface area contributed by atoms with E-state index < -0.39 is 0 Å². The molecule has 1 heterocycles. The normalized spacial score (nSPS) is 31.4. The molecule has 1 amide bonds. The summed E-state index contributed by atoms with van der Waals surface area (Å²) in [7, 11) is 1.88. The van der Waals surface area contributed by atoms with Crippen molar-refractivity contribution in [2.45, 2.75) is 38.3 Å². The van der Waals surface area contributed by atoms with Gasteiger partial charge >= 0.3 is 0 Å². The smallest absolute Gasteiger partial charge is 0.227 e. The molecule has 0 bridgehead atoms. The van der Waals surface area contributed by atoms with E-state index in [9.17, 15) is 4.79 Å². The molecule has 0 radical (unpaired) electrons. The molecule has 4 heteroatoms. The van der Waals surface area contributed by atoms with Gasteiger partial charge in [0.25, 0.3) is 0 Å². The molecule has 2 aliphatic rings. The average molecular weight is 226 g/mol. The summed E-state index contributed by atoms with van der Waals surface area (Å²) in [4.78, 5) is 12.0. The third-order valence-corrected chi connectivity index (χ3v) is 3.56.